The van der Waals surface area contributed by atoms with Crippen LogP contribution in [-0.4, -0.2) is 51.3 Å². The van der Waals surface area contributed by atoms with E-state index in [1.165, 1.54) is 5.69 Å². The summed E-state index contributed by atoms with van der Waals surface area (Å²) in [4.78, 5) is 27.7. The molecule has 4 N–H and O–H groups in total. The number of carbonyl (C=O) groups excluding carboxylic acids is 2. The predicted molar refractivity (Wildman–Crippen MR) is 192 cm³/mol. The summed E-state index contributed by atoms with van der Waals surface area (Å²) >= 11 is 0. The minimum atomic E-state index is -0.181. The fourth-order valence-corrected chi connectivity index (χ4v) is 6.54. The standard InChI is InChI=1S/C39H38N6O3/c46-35-17-20-43(21-18-35)33-11-5-29(6-12-33)40-31-8-14-37-28(24-31)16-22-45(37)34-9-1-26(2-10-34)39(48)42-32-7-13-36-27(23-32)15-19-44(36)25-38(47)41-30-3-4-30/h1-2,5-16,19,22-24,30,35,40,46H,3-4,17-18,20-21,25H2,(H,41,47)(H,42,48). The number of hydrogen-bond acceptors (Lipinski definition) is 5. The number of fused-ring (bicyclic) bond motifs is 2. The topological polar surface area (TPSA) is 104 Å². The van der Waals surface area contributed by atoms with E-state index >= 15 is 0 Å². The van der Waals surface area contributed by atoms with Crippen LogP contribution in [0, 0.1) is 0 Å². The second-order valence-electron chi connectivity index (χ2n) is 12.9. The van der Waals surface area contributed by atoms with E-state index in [9.17, 15) is 14.7 Å². The molecular weight excluding hydrogens is 600 g/mol. The van der Waals surface area contributed by atoms with Crippen molar-refractivity contribution < 1.29 is 14.7 Å². The van der Waals surface area contributed by atoms with E-state index in [0.29, 0.717) is 17.3 Å². The molecule has 4 aromatic carbocycles. The number of aliphatic hydroxyl groups is 1. The zero-order valence-electron chi connectivity index (χ0n) is 26.6. The van der Waals surface area contributed by atoms with Crippen LogP contribution in [0.4, 0.5) is 22.7 Å². The van der Waals surface area contributed by atoms with Gasteiger partial charge in [-0.25, -0.2) is 0 Å². The van der Waals surface area contributed by atoms with Gasteiger partial charge >= 0.3 is 0 Å². The van der Waals surface area contributed by atoms with Crippen molar-refractivity contribution in [3.63, 3.8) is 0 Å². The van der Waals surface area contributed by atoms with Gasteiger partial charge in [0.15, 0.2) is 0 Å². The zero-order chi connectivity index (χ0) is 32.6. The van der Waals surface area contributed by atoms with Gasteiger partial charge in [0.05, 0.1) is 11.6 Å². The maximum absolute atomic E-state index is 13.1. The third-order valence-electron chi connectivity index (χ3n) is 9.37. The van der Waals surface area contributed by atoms with Crippen molar-refractivity contribution in [3.8, 4) is 5.69 Å². The van der Waals surface area contributed by atoms with Crippen LogP contribution in [0.3, 0.4) is 0 Å². The highest BCUT2D eigenvalue weighted by Gasteiger charge is 2.23. The van der Waals surface area contributed by atoms with Crippen molar-refractivity contribution in [2.24, 2.45) is 0 Å². The van der Waals surface area contributed by atoms with Gasteiger partial charge < -0.3 is 35.1 Å². The Morgan fingerprint density at radius 1 is 0.688 bits per heavy atom. The molecule has 2 aliphatic rings. The molecule has 242 valence electrons. The average Bonchev–Trinajstić information content (AvgIpc) is 3.68. The summed E-state index contributed by atoms with van der Waals surface area (Å²) in [5.41, 5.74) is 7.49. The smallest absolute Gasteiger partial charge is 0.255 e. The van der Waals surface area contributed by atoms with E-state index in [-0.39, 0.29) is 24.5 Å². The normalized spacial score (nSPS) is 15.1. The Morgan fingerprint density at radius 2 is 1.33 bits per heavy atom. The minimum absolute atomic E-state index is 0.0271. The van der Waals surface area contributed by atoms with Crippen LogP contribution >= 0.6 is 0 Å². The molecule has 2 aromatic heterocycles. The van der Waals surface area contributed by atoms with Gasteiger partial charge in [-0.2, -0.15) is 0 Å². The largest absolute Gasteiger partial charge is 0.393 e. The second-order valence-corrected chi connectivity index (χ2v) is 12.9. The SMILES string of the molecule is O=C(Cn1ccc2cc(NC(=O)c3ccc(-n4ccc5cc(Nc6ccc(N7CCC(O)CC7)cc6)ccc54)cc3)ccc21)NC1CC1. The third-order valence-corrected chi connectivity index (χ3v) is 9.37. The molecule has 3 heterocycles. The molecule has 2 amide bonds. The van der Waals surface area contributed by atoms with Gasteiger partial charge in [0.25, 0.3) is 5.91 Å². The second kappa shape index (κ2) is 12.6. The van der Waals surface area contributed by atoms with Crippen molar-refractivity contribution in [1.82, 2.24) is 14.5 Å². The molecule has 6 aromatic rings. The summed E-state index contributed by atoms with van der Waals surface area (Å²) in [5.74, 6) is -0.153. The van der Waals surface area contributed by atoms with E-state index in [1.54, 1.807) is 0 Å². The lowest BCUT2D eigenvalue weighted by molar-refractivity contribution is -0.121. The fourth-order valence-electron chi connectivity index (χ4n) is 6.54. The molecule has 1 aliphatic carbocycles. The zero-order valence-corrected chi connectivity index (χ0v) is 26.6. The first-order valence-electron chi connectivity index (χ1n) is 16.7. The van der Waals surface area contributed by atoms with Crippen molar-refractivity contribution in [3.05, 3.63) is 115 Å². The van der Waals surface area contributed by atoms with E-state index in [2.05, 4.69) is 73.9 Å². The Balaban J connectivity index is 0.905. The first-order chi connectivity index (χ1) is 23.4. The lowest BCUT2D eigenvalue weighted by atomic mass is 10.1. The molecule has 48 heavy (non-hydrogen) atoms. The first kappa shape index (κ1) is 29.8. The minimum Gasteiger partial charge on any atom is -0.393 e. The summed E-state index contributed by atoms with van der Waals surface area (Å²) < 4.78 is 4.05. The molecule has 0 radical (unpaired) electrons. The highest BCUT2D eigenvalue weighted by atomic mass is 16.3. The first-order valence-corrected chi connectivity index (χ1v) is 16.7. The number of nitrogens with zero attached hydrogens (tertiary/aromatic N) is 3. The van der Waals surface area contributed by atoms with Gasteiger partial charge in [-0.15, -0.1) is 0 Å². The van der Waals surface area contributed by atoms with Crippen LogP contribution in [0.15, 0.2) is 109 Å². The van der Waals surface area contributed by atoms with Crippen molar-refractivity contribution in [2.45, 2.75) is 44.4 Å². The monoisotopic (exact) mass is 638 g/mol. The van der Waals surface area contributed by atoms with Gasteiger partial charge in [0.1, 0.15) is 6.54 Å². The number of piperidine rings is 1. The highest BCUT2D eigenvalue weighted by molar-refractivity contribution is 6.05. The number of anilines is 4. The fraction of sp³-hybridized carbons (Fsp3) is 0.231. The summed E-state index contributed by atoms with van der Waals surface area (Å²) in [5, 5.41) is 21.4. The predicted octanol–water partition coefficient (Wildman–Crippen LogP) is 6.82. The van der Waals surface area contributed by atoms with Crippen LogP contribution < -0.4 is 20.9 Å². The Kier molecular flexibility index (Phi) is 7.82. The number of hydrogen-bond donors (Lipinski definition) is 4. The molecule has 0 spiro atoms. The van der Waals surface area contributed by atoms with Crippen LogP contribution in [0.2, 0.25) is 0 Å². The van der Waals surface area contributed by atoms with E-state index < -0.39 is 0 Å². The molecule has 1 saturated carbocycles. The highest BCUT2D eigenvalue weighted by Crippen LogP contribution is 2.28. The Hall–Kier alpha value is -5.54. The number of carbonyl (C=O) groups is 2. The lowest BCUT2D eigenvalue weighted by Crippen LogP contribution is -2.35. The van der Waals surface area contributed by atoms with Crippen molar-refractivity contribution in [2.75, 3.05) is 28.6 Å². The van der Waals surface area contributed by atoms with Gasteiger partial charge in [0.2, 0.25) is 5.91 Å². The molecule has 9 nitrogen and oxygen atoms in total. The molecule has 0 unspecified atom stereocenters. The molecule has 2 fully saturated rings. The van der Waals surface area contributed by atoms with Crippen molar-refractivity contribution in [1.29, 1.82) is 0 Å². The number of rotatable bonds is 9. The van der Waals surface area contributed by atoms with Gasteiger partial charge in [-0.1, -0.05) is 0 Å². The number of aromatic nitrogens is 2. The van der Waals surface area contributed by atoms with Crippen LogP contribution in [0.1, 0.15) is 36.0 Å². The van der Waals surface area contributed by atoms with E-state index in [1.807, 2.05) is 65.5 Å². The number of aliphatic hydroxyl groups excluding tert-OH is 1. The molecule has 0 atom stereocenters. The maximum Gasteiger partial charge on any atom is 0.255 e. The molecule has 8 rings (SSSR count). The van der Waals surface area contributed by atoms with Crippen LogP contribution in [-0.2, 0) is 11.3 Å². The lowest BCUT2D eigenvalue weighted by Gasteiger charge is -2.31. The molecule has 1 aliphatic heterocycles. The van der Waals surface area contributed by atoms with Gasteiger partial charge in [0, 0.05) is 81.8 Å². The van der Waals surface area contributed by atoms with Crippen LogP contribution in [0.5, 0.6) is 0 Å². The molecular formula is C39H38N6O3. The Bertz CT molecular complexity index is 2100. The van der Waals surface area contributed by atoms with Crippen molar-refractivity contribution >= 4 is 56.4 Å². The Labute approximate surface area is 278 Å². The summed E-state index contributed by atoms with van der Waals surface area (Å²) in [6, 6.07) is 32.5. The number of nitrogens with one attached hydrogen (secondary N) is 3. The van der Waals surface area contributed by atoms with E-state index in [4.69, 9.17) is 0 Å². The Morgan fingerprint density at radius 3 is 2.10 bits per heavy atom. The molecule has 1 saturated heterocycles. The average molecular weight is 639 g/mol. The van der Waals surface area contributed by atoms with Crippen LogP contribution in [0.25, 0.3) is 27.5 Å². The summed E-state index contributed by atoms with van der Waals surface area (Å²) in [6.45, 7) is 2.05. The van der Waals surface area contributed by atoms with Gasteiger partial charge in [-0.3, -0.25) is 9.59 Å². The third kappa shape index (κ3) is 6.37. The van der Waals surface area contributed by atoms with Gasteiger partial charge in [-0.05, 0) is 123 Å². The number of amides is 2. The summed E-state index contributed by atoms with van der Waals surface area (Å²) in [7, 11) is 0. The maximum atomic E-state index is 13.1. The molecule has 0 bridgehead atoms. The molecule has 9 heteroatoms. The number of benzene rings is 4. The summed E-state index contributed by atoms with van der Waals surface area (Å²) in [6.07, 6.45) is 7.55. The van der Waals surface area contributed by atoms with E-state index in [0.717, 1.165) is 77.6 Å². The quantitative estimate of drug-likeness (QED) is 0.139.